The lowest BCUT2D eigenvalue weighted by Crippen LogP contribution is -2.23. The average Bonchev–Trinajstić information content (AvgIpc) is 2.97. The topological polar surface area (TPSA) is 42.2 Å². The molecule has 118 valence electrons. The molecule has 0 saturated heterocycles. The van der Waals surface area contributed by atoms with Crippen LogP contribution in [0.5, 0.6) is 0 Å². The molecule has 0 aliphatic heterocycles. The van der Waals surface area contributed by atoms with Gasteiger partial charge in [-0.05, 0) is 48.6 Å². The zero-order valence-corrected chi connectivity index (χ0v) is 14.2. The number of nitrogens with one attached hydrogen (secondary N) is 1. The molecular formula is C17H24N4S. The van der Waals surface area contributed by atoms with Gasteiger partial charge in [0.15, 0.2) is 5.65 Å². The van der Waals surface area contributed by atoms with Crippen molar-refractivity contribution in [2.45, 2.75) is 51.5 Å². The smallest absolute Gasteiger partial charge is 0.154 e. The van der Waals surface area contributed by atoms with Crippen LogP contribution in [0.25, 0.3) is 11.2 Å². The second kappa shape index (κ2) is 7.18. The van der Waals surface area contributed by atoms with E-state index < -0.39 is 0 Å². The Morgan fingerprint density at radius 2 is 2.18 bits per heavy atom. The van der Waals surface area contributed by atoms with Crippen LogP contribution in [-0.4, -0.2) is 26.9 Å². The van der Waals surface area contributed by atoms with Gasteiger partial charge in [0.25, 0.3) is 0 Å². The monoisotopic (exact) mass is 316 g/mol. The van der Waals surface area contributed by atoms with Crippen molar-refractivity contribution in [1.29, 1.82) is 0 Å². The Bertz CT molecular complexity index is 656. The molecule has 0 bridgehead atoms. The molecule has 22 heavy (non-hydrogen) atoms. The molecular weight excluding hydrogens is 292 g/mol. The van der Waals surface area contributed by atoms with Crippen molar-refractivity contribution in [2.75, 3.05) is 11.6 Å². The van der Waals surface area contributed by atoms with Crippen LogP contribution in [0, 0.1) is 0 Å². The van der Waals surface area contributed by atoms with E-state index in [0.717, 1.165) is 23.6 Å². The molecule has 2 heterocycles. The number of imidazole rings is 1. The van der Waals surface area contributed by atoms with E-state index in [1.807, 2.05) is 22.8 Å². The first-order valence-corrected chi connectivity index (χ1v) is 9.44. The predicted octanol–water partition coefficient (Wildman–Crippen LogP) is 4.59. The second-order valence-corrected chi connectivity index (χ2v) is 6.55. The summed E-state index contributed by atoms with van der Waals surface area (Å²) in [5.74, 6) is 0.957. The lowest BCUT2D eigenvalue weighted by molar-refractivity contribution is 0.461. The van der Waals surface area contributed by atoms with Crippen molar-refractivity contribution in [1.82, 2.24) is 14.6 Å². The largest absolute Gasteiger partial charge is 0.366 e. The third-order valence-corrected chi connectivity index (χ3v) is 4.81. The van der Waals surface area contributed by atoms with Crippen molar-refractivity contribution >= 4 is 28.8 Å². The fourth-order valence-corrected chi connectivity index (χ4v) is 3.66. The molecule has 2 aromatic rings. The minimum absolute atomic E-state index is 0.568. The third-order valence-electron chi connectivity index (χ3n) is 4.29. The Labute approximate surface area is 136 Å². The highest BCUT2D eigenvalue weighted by atomic mass is 32.2. The van der Waals surface area contributed by atoms with Crippen molar-refractivity contribution in [2.24, 2.45) is 0 Å². The van der Waals surface area contributed by atoms with E-state index >= 15 is 0 Å². The number of hydrogen-bond donors (Lipinski definition) is 1. The Morgan fingerprint density at radius 1 is 1.36 bits per heavy atom. The van der Waals surface area contributed by atoms with Gasteiger partial charge in [-0.1, -0.05) is 26.2 Å². The van der Waals surface area contributed by atoms with Crippen LogP contribution in [0.4, 0.5) is 5.82 Å². The van der Waals surface area contributed by atoms with Gasteiger partial charge < -0.3 is 5.32 Å². The summed E-state index contributed by atoms with van der Waals surface area (Å²) in [7, 11) is 0. The minimum atomic E-state index is 0.568. The van der Waals surface area contributed by atoms with Crippen LogP contribution in [0.1, 0.15) is 51.1 Å². The van der Waals surface area contributed by atoms with Crippen molar-refractivity contribution in [3.05, 3.63) is 29.4 Å². The Kier molecular flexibility index (Phi) is 5.03. The lowest BCUT2D eigenvalue weighted by atomic mass is 9.95. The molecule has 0 unspecified atom stereocenters. The number of aromatic nitrogens is 3. The van der Waals surface area contributed by atoms with Crippen molar-refractivity contribution < 1.29 is 0 Å². The lowest BCUT2D eigenvalue weighted by Gasteiger charge is -2.23. The summed E-state index contributed by atoms with van der Waals surface area (Å²) in [6.07, 6.45) is 11.5. The average molecular weight is 316 g/mol. The molecule has 5 heteroatoms. The van der Waals surface area contributed by atoms with Gasteiger partial charge >= 0.3 is 0 Å². The summed E-state index contributed by atoms with van der Waals surface area (Å²) in [6.45, 7) is 2.17. The molecule has 1 aliphatic rings. The maximum absolute atomic E-state index is 4.77. The molecule has 0 spiro atoms. The number of thioether (sulfide) groups is 1. The summed E-state index contributed by atoms with van der Waals surface area (Å²) in [5, 5.41) is 10.6. The zero-order chi connectivity index (χ0) is 15.4. The highest BCUT2D eigenvalue weighted by molar-refractivity contribution is 8.01. The van der Waals surface area contributed by atoms with Crippen LogP contribution in [0.15, 0.2) is 23.7 Å². The van der Waals surface area contributed by atoms with Gasteiger partial charge in [0.05, 0.1) is 11.9 Å². The van der Waals surface area contributed by atoms with E-state index in [2.05, 4.69) is 28.9 Å². The van der Waals surface area contributed by atoms with Gasteiger partial charge in [-0.15, -0.1) is 16.9 Å². The van der Waals surface area contributed by atoms with E-state index in [-0.39, 0.29) is 0 Å². The molecule has 0 amide bonds. The normalized spacial score (nSPS) is 17.1. The van der Waals surface area contributed by atoms with E-state index in [4.69, 9.17) is 5.10 Å². The predicted molar refractivity (Wildman–Crippen MR) is 95.3 cm³/mol. The summed E-state index contributed by atoms with van der Waals surface area (Å²) in [4.78, 5) is 4.48. The molecule has 1 fully saturated rings. The second-order valence-electron chi connectivity index (χ2n) is 5.84. The van der Waals surface area contributed by atoms with Gasteiger partial charge in [-0.2, -0.15) is 0 Å². The summed E-state index contributed by atoms with van der Waals surface area (Å²) < 4.78 is 1.97. The summed E-state index contributed by atoms with van der Waals surface area (Å²) in [6, 6.07) is 4.66. The van der Waals surface area contributed by atoms with E-state index in [9.17, 15) is 0 Å². The van der Waals surface area contributed by atoms with Crippen LogP contribution < -0.4 is 5.32 Å². The third kappa shape index (κ3) is 3.29. The van der Waals surface area contributed by atoms with Gasteiger partial charge in [0.2, 0.25) is 0 Å². The molecule has 0 radical (unpaired) electrons. The minimum Gasteiger partial charge on any atom is -0.366 e. The van der Waals surface area contributed by atoms with E-state index in [1.54, 1.807) is 11.8 Å². The van der Waals surface area contributed by atoms with E-state index in [0.29, 0.717) is 6.04 Å². The first kappa shape index (κ1) is 15.4. The first-order chi connectivity index (χ1) is 10.8. The quantitative estimate of drug-likeness (QED) is 0.876. The Balaban J connectivity index is 1.89. The SMILES string of the molecule is CC/C(=C\SC)c1cnc2ccc(NC3CCCCC3)nn12. The Hall–Kier alpha value is -1.49. The number of rotatable bonds is 5. The number of hydrogen-bond acceptors (Lipinski definition) is 4. The molecule has 1 aliphatic carbocycles. The first-order valence-electron chi connectivity index (χ1n) is 8.15. The Morgan fingerprint density at radius 3 is 2.91 bits per heavy atom. The molecule has 0 atom stereocenters. The zero-order valence-electron chi connectivity index (χ0n) is 13.4. The van der Waals surface area contributed by atoms with Gasteiger partial charge in [-0.25, -0.2) is 9.50 Å². The fourth-order valence-electron chi connectivity index (χ4n) is 3.09. The molecule has 1 saturated carbocycles. The molecule has 4 nitrogen and oxygen atoms in total. The number of anilines is 1. The van der Waals surface area contributed by atoms with Gasteiger partial charge in [0, 0.05) is 6.04 Å². The van der Waals surface area contributed by atoms with Gasteiger partial charge in [0.1, 0.15) is 5.82 Å². The van der Waals surface area contributed by atoms with Crippen LogP contribution in [-0.2, 0) is 0 Å². The van der Waals surface area contributed by atoms with Crippen LogP contribution in [0.2, 0.25) is 0 Å². The van der Waals surface area contributed by atoms with Crippen LogP contribution in [0.3, 0.4) is 0 Å². The number of nitrogens with zero attached hydrogens (tertiary/aromatic N) is 3. The fraction of sp³-hybridized carbons (Fsp3) is 0.529. The van der Waals surface area contributed by atoms with E-state index in [1.165, 1.54) is 37.7 Å². The molecule has 0 aromatic carbocycles. The standard InChI is InChI=1S/C17H24N4S/c1-3-13(12-22-2)15-11-18-17-10-9-16(20-21(15)17)19-14-7-5-4-6-8-14/h9-12,14H,3-8H2,1-2H3,(H,19,20)/b13-12+. The number of fused-ring (bicyclic) bond motifs is 1. The van der Waals surface area contributed by atoms with Crippen molar-refractivity contribution in [3.8, 4) is 0 Å². The van der Waals surface area contributed by atoms with Crippen molar-refractivity contribution in [3.63, 3.8) is 0 Å². The van der Waals surface area contributed by atoms with Crippen LogP contribution >= 0.6 is 11.8 Å². The maximum atomic E-state index is 4.77. The maximum Gasteiger partial charge on any atom is 0.154 e. The molecule has 2 aromatic heterocycles. The summed E-state index contributed by atoms with van der Waals surface area (Å²) >= 11 is 1.73. The molecule has 1 N–H and O–H groups in total. The molecule has 3 rings (SSSR count). The number of allylic oxidation sites excluding steroid dienone is 1. The summed E-state index contributed by atoms with van der Waals surface area (Å²) in [5.41, 5.74) is 3.28. The highest BCUT2D eigenvalue weighted by Gasteiger charge is 2.14. The highest BCUT2D eigenvalue weighted by Crippen LogP contribution is 2.24. The van der Waals surface area contributed by atoms with Gasteiger partial charge in [-0.3, -0.25) is 0 Å².